The van der Waals surface area contributed by atoms with Crippen LogP contribution in [0.2, 0.25) is 15.1 Å². The van der Waals surface area contributed by atoms with Gasteiger partial charge in [-0.25, -0.2) is 13.1 Å². The minimum absolute atomic E-state index is 0.102. The molecule has 0 radical (unpaired) electrons. The maximum Gasteiger partial charge on any atom is 0.262 e. The predicted octanol–water partition coefficient (Wildman–Crippen LogP) is 5.45. The number of benzene rings is 3. The topological polar surface area (TPSA) is 84.5 Å². The van der Waals surface area contributed by atoms with Gasteiger partial charge in [-0.05, 0) is 48.4 Å². The zero-order valence-electron chi connectivity index (χ0n) is 16.9. The molecule has 3 aromatic rings. The average molecular weight is 514 g/mol. The Hall–Kier alpha value is -2.29. The minimum Gasteiger partial charge on any atom is -0.483 e. The first-order valence-corrected chi connectivity index (χ1v) is 12.0. The van der Waals surface area contributed by atoms with Gasteiger partial charge in [0.25, 0.3) is 5.91 Å². The highest BCUT2D eigenvalue weighted by Gasteiger charge is 2.16. The highest BCUT2D eigenvalue weighted by atomic mass is 35.5. The molecule has 32 heavy (non-hydrogen) atoms. The minimum atomic E-state index is -3.70. The Bertz CT molecular complexity index is 1240. The van der Waals surface area contributed by atoms with E-state index in [1.165, 1.54) is 30.3 Å². The summed E-state index contributed by atoms with van der Waals surface area (Å²) in [5, 5.41) is 3.35. The average Bonchev–Trinajstić information content (AvgIpc) is 2.76. The van der Waals surface area contributed by atoms with Gasteiger partial charge in [0.15, 0.2) is 6.61 Å². The molecule has 0 fully saturated rings. The van der Waals surface area contributed by atoms with Crippen molar-refractivity contribution in [2.75, 3.05) is 11.9 Å². The summed E-state index contributed by atoms with van der Waals surface area (Å²) in [4.78, 5) is 12.3. The number of aryl methyl sites for hydroxylation is 1. The normalized spacial score (nSPS) is 11.2. The fraction of sp³-hybridized carbons (Fsp3) is 0.136. The van der Waals surface area contributed by atoms with Crippen molar-refractivity contribution >= 4 is 56.4 Å². The summed E-state index contributed by atoms with van der Waals surface area (Å²) in [5.74, 6) is -0.0895. The van der Waals surface area contributed by atoms with Gasteiger partial charge < -0.3 is 10.1 Å². The SMILES string of the molecule is Cc1cc(S(=O)(=O)NCc2ccccc2)ccc1OCC(=O)Nc1cc(Cl)c(Cl)cc1Cl. The van der Waals surface area contributed by atoms with Crippen LogP contribution >= 0.6 is 34.8 Å². The number of carbonyl (C=O) groups is 1. The molecule has 0 aliphatic rings. The van der Waals surface area contributed by atoms with E-state index in [0.29, 0.717) is 17.0 Å². The number of carbonyl (C=O) groups excluding carboxylic acids is 1. The highest BCUT2D eigenvalue weighted by Crippen LogP contribution is 2.32. The van der Waals surface area contributed by atoms with Crippen molar-refractivity contribution in [3.05, 3.63) is 86.9 Å². The van der Waals surface area contributed by atoms with Gasteiger partial charge in [-0.15, -0.1) is 0 Å². The fourth-order valence-electron chi connectivity index (χ4n) is 2.76. The Morgan fingerprint density at radius 2 is 1.62 bits per heavy atom. The summed E-state index contributed by atoms with van der Waals surface area (Å²) in [6.07, 6.45) is 0. The molecule has 0 spiro atoms. The summed E-state index contributed by atoms with van der Waals surface area (Å²) >= 11 is 17.9. The van der Waals surface area contributed by atoms with E-state index in [1.807, 2.05) is 30.3 Å². The lowest BCUT2D eigenvalue weighted by Crippen LogP contribution is -2.23. The van der Waals surface area contributed by atoms with E-state index in [-0.39, 0.29) is 33.1 Å². The van der Waals surface area contributed by atoms with Crippen LogP contribution in [0.1, 0.15) is 11.1 Å². The Morgan fingerprint density at radius 1 is 0.938 bits per heavy atom. The largest absolute Gasteiger partial charge is 0.483 e. The number of nitrogens with one attached hydrogen (secondary N) is 2. The third-order valence-electron chi connectivity index (χ3n) is 4.41. The lowest BCUT2D eigenvalue weighted by Gasteiger charge is -2.13. The first-order chi connectivity index (χ1) is 15.2. The first-order valence-electron chi connectivity index (χ1n) is 9.37. The number of halogens is 3. The van der Waals surface area contributed by atoms with Crippen LogP contribution in [0, 0.1) is 6.92 Å². The smallest absolute Gasteiger partial charge is 0.262 e. The second-order valence-corrected chi connectivity index (χ2v) is 9.81. The maximum absolute atomic E-state index is 12.6. The van der Waals surface area contributed by atoms with E-state index >= 15 is 0 Å². The zero-order valence-corrected chi connectivity index (χ0v) is 19.9. The van der Waals surface area contributed by atoms with Crippen molar-refractivity contribution in [3.8, 4) is 5.75 Å². The van der Waals surface area contributed by atoms with Crippen LogP contribution in [0.15, 0.2) is 65.6 Å². The van der Waals surface area contributed by atoms with Crippen molar-refractivity contribution in [1.29, 1.82) is 0 Å². The number of hydrogen-bond donors (Lipinski definition) is 2. The molecule has 3 rings (SSSR count). The van der Waals surface area contributed by atoms with Gasteiger partial charge >= 0.3 is 0 Å². The molecule has 0 atom stereocenters. The van der Waals surface area contributed by atoms with Gasteiger partial charge in [-0.2, -0.15) is 0 Å². The van der Waals surface area contributed by atoms with Gasteiger partial charge in [0.1, 0.15) is 5.75 Å². The lowest BCUT2D eigenvalue weighted by molar-refractivity contribution is -0.118. The van der Waals surface area contributed by atoms with Gasteiger partial charge in [0, 0.05) is 6.54 Å². The van der Waals surface area contributed by atoms with Gasteiger partial charge in [-0.1, -0.05) is 65.1 Å². The maximum atomic E-state index is 12.6. The summed E-state index contributed by atoms with van der Waals surface area (Å²) in [6, 6.07) is 16.5. The van der Waals surface area contributed by atoms with E-state index < -0.39 is 15.9 Å². The number of ether oxygens (including phenoxy) is 1. The molecule has 168 valence electrons. The monoisotopic (exact) mass is 512 g/mol. The third kappa shape index (κ3) is 6.37. The lowest BCUT2D eigenvalue weighted by atomic mass is 10.2. The molecule has 0 heterocycles. The van der Waals surface area contributed by atoms with Crippen molar-refractivity contribution in [3.63, 3.8) is 0 Å². The number of rotatable bonds is 8. The molecule has 6 nitrogen and oxygen atoms in total. The van der Waals surface area contributed by atoms with E-state index in [0.717, 1.165) is 5.56 Å². The molecule has 3 aromatic carbocycles. The van der Waals surface area contributed by atoms with Crippen LogP contribution in [-0.4, -0.2) is 20.9 Å². The molecule has 0 aliphatic carbocycles. The molecular weight excluding hydrogens is 495 g/mol. The fourth-order valence-corrected chi connectivity index (χ4v) is 4.45. The molecule has 0 bridgehead atoms. The summed E-state index contributed by atoms with van der Waals surface area (Å²) in [5.41, 5.74) is 1.71. The molecule has 2 N–H and O–H groups in total. The second-order valence-electron chi connectivity index (χ2n) is 6.82. The van der Waals surface area contributed by atoms with Crippen molar-refractivity contribution in [2.45, 2.75) is 18.4 Å². The van der Waals surface area contributed by atoms with Crippen LogP contribution < -0.4 is 14.8 Å². The third-order valence-corrected chi connectivity index (χ3v) is 6.84. The Morgan fingerprint density at radius 3 is 2.31 bits per heavy atom. The van der Waals surface area contributed by atoms with Crippen LogP contribution in [0.4, 0.5) is 5.69 Å². The van der Waals surface area contributed by atoms with Gasteiger partial charge in [0.2, 0.25) is 10.0 Å². The zero-order chi connectivity index (χ0) is 23.3. The van der Waals surface area contributed by atoms with Crippen molar-refractivity contribution < 1.29 is 17.9 Å². The van der Waals surface area contributed by atoms with E-state index in [9.17, 15) is 13.2 Å². The summed E-state index contributed by atoms with van der Waals surface area (Å²) in [7, 11) is -3.70. The molecule has 0 aromatic heterocycles. The highest BCUT2D eigenvalue weighted by molar-refractivity contribution is 7.89. The van der Waals surface area contributed by atoms with E-state index in [2.05, 4.69) is 10.0 Å². The molecule has 10 heteroatoms. The van der Waals surface area contributed by atoms with E-state index in [4.69, 9.17) is 39.5 Å². The molecular formula is C22H19Cl3N2O4S. The first kappa shape index (κ1) is 24.4. The standard InChI is InChI=1S/C22H19Cl3N2O4S/c1-14-9-16(32(29,30)26-12-15-5-3-2-4-6-15)7-8-21(14)31-13-22(28)27-20-11-18(24)17(23)10-19(20)25/h2-11,26H,12-13H2,1H3,(H,27,28). The van der Waals surface area contributed by atoms with Crippen LogP contribution in [-0.2, 0) is 21.4 Å². The van der Waals surface area contributed by atoms with Gasteiger partial charge in [-0.3, -0.25) is 4.79 Å². The Kier molecular flexibility index (Phi) is 8.03. The summed E-state index contributed by atoms with van der Waals surface area (Å²) in [6.45, 7) is 1.56. The molecule has 0 aliphatic heterocycles. The predicted molar refractivity (Wildman–Crippen MR) is 127 cm³/mol. The summed E-state index contributed by atoms with van der Waals surface area (Å²) < 4.78 is 33.2. The van der Waals surface area contributed by atoms with E-state index in [1.54, 1.807) is 6.92 Å². The van der Waals surface area contributed by atoms with Gasteiger partial charge in [0.05, 0.1) is 25.7 Å². The second kappa shape index (κ2) is 10.6. The van der Waals surface area contributed by atoms with Crippen LogP contribution in [0.25, 0.3) is 0 Å². The van der Waals surface area contributed by atoms with Crippen molar-refractivity contribution in [2.24, 2.45) is 0 Å². The molecule has 1 amide bonds. The number of sulfonamides is 1. The number of hydrogen-bond acceptors (Lipinski definition) is 4. The Labute approximate surface area is 201 Å². The molecule has 0 unspecified atom stereocenters. The van der Waals surface area contributed by atoms with Crippen molar-refractivity contribution in [1.82, 2.24) is 4.72 Å². The molecule has 0 saturated carbocycles. The Balaban J connectivity index is 1.61. The van der Waals surface area contributed by atoms with Crippen LogP contribution in [0.5, 0.6) is 5.75 Å². The number of anilines is 1. The quantitative estimate of drug-likeness (QED) is 0.392. The number of amides is 1. The van der Waals surface area contributed by atoms with Crippen LogP contribution in [0.3, 0.4) is 0 Å². The molecule has 0 saturated heterocycles.